The Bertz CT molecular complexity index is 1110. The molecule has 0 radical (unpaired) electrons. The Morgan fingerprint density at radius 1 is 1.11 bits per heavy atom. The number of hydrogen-bond donors (Lipinski definition) is 1. The van der Waals surface area contributed by atoms with E-state index in [2.05, 4.69) is 20.3 Å². The fourth-order valence-corrected chi connectivity index (χ4v) is 3.59. The number of nitrogens with zero attached hydrogens (tertiary/aromatic N) is 4. The predicted molar refractivity (Wildman–Crippen MR) is 107 cm³/mol. The highest BCUT2D eigenvalue weighted by atomic mass is 35.5. The summed E-state index contributed by atoms with van der Waals surface area (Å²) in [6.07, 6.45) is 0.745. The van der Waals surface area contributed by atoms with Crippen LogP contribution in [-0.2, 0) is 18.7 Å². The van der Waals surface area contributed by atoms with E-state index >= 15 is 0 Å². The zero-order chi connectivity index (χ0) is 19.3. The molecule has 9 heteroatoms. The minimum Gasteiger partial charge on any atom is -0.338 e. The third kappa shape index (κ3) is 4.35. The van der Waals surface area contributed by atoms with E-state index in [1.165, 1.54) is 11.8 Å². The van der Waals surface area contributed by atoms with Crippen LogP contribution in [0.1, 0.15) is 11.5 Å². The Kier molecular flexibility index (Phi) is 5.59. The van der Waals surface area contributed by atoms with Crippen molar-refractivity contribution in [2.45, 2.75) is 23.9 Å². The van der Waals surface area contributed by atoms with Gasteiger partial charge in [0.1, 0.15) is 0 Å². The largest absolute Gasteiger partial charge is 0.343 e. The Hall–Kier alpha value is -2.84. The van der Waals surface area contributed by atoms with E-state index in [9.17, 15) is 4.79 Å². The first-order valence-electron chi connectivity index (χ1n) is 8.59. The summed E-state index contributed by atoms with van der Waals surface area (Å²) in [5, 5.41) is 11.8. The molecule has 0 saturated carbocycles. The van der Waals surface area contributed by atoms with Gasteiger partial charge in [-0.1, -0.05) is 58.9 Å². The number of rotatable bonds is 7. The molecular formula is C19H16ClN5O2S. The van der Waals surface area contributed by atoms with E-state index in [0.717, 1.165) is 17.5 Å². The second kappa shape index (κ2) is 8.45. The van der Waals surface area contributed by atoms with Crippen LogP contribution in [-0.4, -0.2) is 24.9 Å². The van der Waals surface area contributed by atoms with E-state index in [1.54, 1.807) is 16.7 Å². The maximum absolute atomic E-state index is 12.1. The van der Waals surface area contributed by atoms with Gasteiger partial charge >= 0.3 is 5.69 Å². The van der Waals surface area contributed by atoms with Crippen molar-refractivity contribution in [1.29, 1.82) is 0 Å². The second-order valence-electron chi connectivity index (χ2n) is 6.01. The van der Waals surface area contributed by atoms with Crippen molar-refractivity contribution in [3.8, 4) is 11.4 Å². The number of aryl methyl sites for hydroxylation is 1. The third-order valence-corrected chi connectivity index (χ3v) is 5.30. The summed E-state index contributed by atoms with van der Waals surface area (Å²) in [7, 11) is 0. The first-order chi connectivity index (χ1) is 13.7. The second-order valence-corrected chi connectivity index (χ2v) is 7.38. The first kappa shape index (κ1) is 18.5. The van der Waals surface area contributed by atoms with Crippen LogP contribution >= 0.6 is 23.4 Å². The highest BCUT2D eigenvalue weighted by Gasteiger charge is 2.13. The quantitative estimate of drug-likeness (QED) is 0.463. The molecule has 7 nitrogen and oxygen atoms in total. The molecule has 142 valence electrons. The van der Waals surface area contributed by atoms with Gasteiger partial charge in [0.2, 0.25) is 11.7 Å². The molecule has 0 atom stereocenters. The van der Waals surface area contributed by atoms with Crippen molar-refractivity contribution in [2.75, 3.05) is 0 Å². The fourth-order valence-electron chi connectivity index (χ4n) is 2.65. The first-order valence-corrected chi connectivity index (χ1v) is 9.96. The monoisotopic (exact) mass is 413 g/mol. The van der Waals surface area contributed by atoms with Crippen molar-refractivity contribution >= 4 is 23.4 Å². The highest BCUT2D eigenvalue weighted by Crippen LogP contribution is 2.22. The molecule has 28 heavy (non-hydrogen) atoms. The topological polar surface area (TPSA) is 89.6 Å². The van der Waals surface area contributed by atoms with Crippen LogP contribution < -0.4 is 5.69 Å². The summed E-state index contributed by atoms with van der Waals surface area (Å²) < 4.78 is 6.93. The van der Waals surface area contributed by atoms with Crippen molar-refractivity contribution < 1.29 is 4.52 Å². The molecule has 4 rings (SSSR count). The summed E-state index contributed by atoms with van der Waals surface area (Å²) in [5.41, 5.74) is 1.76. The highest BCUT2D eigenvalue weighted by molar-refractivity contribution is 7.98. The average molecular weight is 414 g/mol. The van der Waals surface area contributed by atoms with Gasteiger partial charge in [0, 0.05) is 17.1 Å². The minimum absolute atomic E-state index is 0.231. The van der Waals surface area contributed by atoms with Crippen LogP contribution in [0.25, 0.3) is 11.4 Å². The Morgan fingerprint density at radius 3 is 2.68 bits per heavy atom. The van der Waals surface area contributed by atoms with E-state index in [0.29, 0.717) is 34.2 Å². The lowest BCUT2D eigenvalue weighted by Crippen LogP contribution is -2.18. The van der Waals surface area contributed by atoms with Crippen LogP contribution in [0.2, 0.25) is 5.02 Å². The number of nitrogens with one attached hydrogen (secondary N) is 1. The van der Waals surface area contributed by atoms with Crippen molar-refractivity contribution in [2.24, 2.45) is 0 Å². The maximum Gasteiger partial charge on any atom is 0.343 e. The standard InChI is InChI=1S/C19H16ClN5O2S/c20-15-8-6-14(7-9-15)17-21-16(27-24-17)12-28-19-23-22-18(26)25(19)11-10-13-4-2-1-3-5-13/h1-9H,10-12H2,(H,22,26). The van der Waals surface area contributed by atoms with E-state index in [-0.39, 0.29) is 5.69 Å². The number of benzene rings is 2. The molecule has 0 aliphatic carbocycles. The molecule has 0 aliphatic rings. The number of hydrogen-bond acceptors (Lipinski definition) is 6. The number of aromatic nitrogens is 5. The van der Waals surface area contributed by atoms with Gasteiger partial charge in [0.25, 0.3) is 0 Å². The van der Waals surface area contributed by atoms with E-state index in [4.69, 9.17) is 16.1 Å². The predicted octanol–water partition coefficient (Wildman–Crippen LogP) is 3.81. The zero-order valence-corrected chi connectivity index (χ0v) is 16.3. The van der Waals surface area contributed by atoms with Gasteiger partial charge in [-0.2, -0.15) is 4.98 Å². The molecule has 4 aromatic rings. The summed E-state index contributed by atoms with van der Waals surface area (Å²) in [4.78, 5) is 16.4. The summed E-state index contributed by atoms with van der Waals surface area (Å²) in [5.74, 6) is 1.37. The maximum atomic E-state index is 12.1. The molecule has 0 unspecified atom stereocenters. The normalized spacial score (nSPS) is 11.0. The molecule has 0 spiro atoms. The molecule has 2 heterocycles. The molecule has 2 aromatic carbocycles. The SMILES string of the molecule is O=c1[nH]nc(SCc2nc(-c3ccc(Cl)cc3)no2)n1CCc1ccccc1. The van der Waals surface area contributed by atoms with Crippen LogP contribution in [0.3, 0.4) is 0 Å². The summed E-state index contributed by atoms with van der Waals surface area (Å²) in [6, 6.07) is 17.2. The van der Waals surface area contributed by atoms with Gasteiger partial charge in [-0.25, -0.2) is 9.89 Å². The lowest BCUT2D eigenvalue weighted by Gasteiger charge is -2.04. The van der Waals surface area contributed by atoms with Crippen molar-refractivity contribution in [3.05, 3.63) is 81.6 Å². The molecule has 0 aliphatic heterocycles. The number of H-pyrrole nitrogens is 1. The minimum atomic E-state index is -0.231. The molecule has 2 aromatic heterocycles. The smallest absolute Gasteiger partial charge is 0.338 e. The van der Waals surface area contributed by atoms with Gasteiger partial charge in [-0.05, 0) is 36.2 Å². The van der Waals surface area contributed by atoms with Crippen LogP contribution in [0.15, 0.2) is 69.1 Å². The molecule has 0 amide bonds. The molecule has 0 fully saturated rings. The molecule has 1 N–H and O–H groups in total. The number of halogens is 1. The van der Waals surface area contributed by atoms with Gasteiger partial charge in [0.05, 0.1) is 5.75 Å². The van der Waals surface area contributed by atoms with Gasteiger partial charge in [-0.3, -0.25) is 4.57 Å². The van der Waals surface area contributed by atoms with E-state index < -0.39 is 0 Å². The fraction of sp³-hybridized carbons (Fsp3) is 0.158. The molecule has 0 saturated heterocycles. The lowest BCUT2D eigenvalue weighted by molar-refractivity contribution is 0.391. The molecule has 0 bridgehead atoms. The van der Waals surface area contributed by atoms with Crippen LogP contribution in [0.5, 0.6) is 0 Å². The number of aromatic amines is 1. The lowest BCUT2D eigenvalue weighted by atomic mass is 10.1. The van der Waals surface area contributed by atoms with Crippen molar-refractivity contribution in [1.82, 2.24) is 24.9 Å². The summed E-state index contributed by atoms with van der Waals surface area (Å²) in [6.45, 7) is 0.543. The van der Waals surface area contributed by atoms with Crippen LogP contribution in [0, 0.1) is 0 Å². The van der Waals surface area contributed by atoms with Gasteiger partial charge in [0.15, 0.2) is 5.16 Å². The molecular weight excluding hydrogens is 398 g/mol. The Labute approximate surface area is 169 Å². The third-order valence-electron chi connectivity index (χ3n) is 4.09. The average Bonchev–Trinajstić information content (AvgIpc) is 3.33. The Balaban J connectivity index is 1.41. The Morgan fingerprint density at radius 2 is 1.89 bits per heavy atom. The zero-order valence-electron chi connectivity index (χ0n) is 14.7. The summed E-state index contributed by atoms with van der Waals surface area (Å²) >= 11 is 7.27. The number of thioether (sulfide) groups is 1. The van der Waals surface area contributed by atoms with Gasteiger partial charge in [-0.15, -0.1) is 5.10 Å². The van der Waals surface area contributed by atoms with E-state index in [1.807, 2.05) is 42.5 Å². The van der Waals surface area contributed by atoms with Crippen molar-refractivity contribution in [3.63, 3.8) is 0 Å². The van der Waals surface area contributed by atoms with Gasteiger partial charge < -0.3 is 4.52 Å². The van der Waals surface area contributed by atoms with Crippen LogP contribution in [0.4, 0.5) is 0 Å².